The van der Waals surface area contributed by atoms with Crippen LogP contribution in [0, 0.1) is 18.6 Å². The number of ether oxygens (including phenoxy) is 1. The van der Waals surface area contributed by atoms with Gasteiger partial charge in [-0.2, -0.15) is 0 Å². The lowest BCUT2D eigenvalue weighted by Crippen LogP contribution is -2.08. The number of allylic oxidation sites excluding steroid dienone is 1. The topological polar surface area (TPSA) is 26.3 Å². The zero-order valence-electron chi connectivity index (χ0n) is 10.0. The second-order valence-electron chi connectivity index (χ2n) is 3.96. The number of aryl methyl sites for hydroxylation is 1. The van der Waals surface area contributed by atoms with Gasteiger partial charge in [0.15, 0.2) is 11.6 Å². The lowest BCUT2D eigenvalue weighted by Gasteiger charge is -2.06. The van der Waals surface area contributed by atoms with E-state index in [9.17, 15) is 13.6 Å². The van der Waals surface area contributed by atoms with E-state index in [-0.39, 0.29) is 12.2 Å². The summed E-state index contributed by atoms with van der Waals surface area (Å²) in [4.78, 5) is 11.6. The SMILES string of the molecule is CC(C)=CCOC(=O)c1cc(F)c(F)cc1C. The van der Waals surface area contributed by atoms with Gasteiger partial charge in [-0.25, -0.2) is 13.6 Å². The van der Waals surface area contributed by atoms with Crippen LogP contribution in [0.2, 0.25) is 0 Å². The molecule has 0 spiro atoms. The molecule has 4 heteroatoms. The largest absolute Gasteiger partial charge is 0.458 e. The molecule has 2 nitrogen and oxygen atoms in total. The van der Waals surface area contributed by atoms with Gasteiger partial charge in [-0.15, -0.1) is 0 Å². The summed E-state index contributed by atoms with van der Waals surface area (Å²) in [6, 6.07) is 1.84. The molecule has 0 aliphatic heterocycles. The Morgan fingerprint density at radius 1 is 1.29 bits per heavy atom. The Hall–Kier alpha value is -1.71. The van der Waals surface area contributed by atoms with E-state index in [1.54, 1.807) is 6.08 Å². The smallest absolute Gasteiger partial charge is 0.338 e. The molecule has 0 aliphatic rings. The molecule has 0 unspecified atom stereocenters. The van der Waals surface area contributed by atoms with E-state index in [4.69, 9.17) is 4.74 Å². The van der Waals surface area contributed by atoms with Crippen molar-refractivity contribution in [2.24, 2.45) is 0 Å². The molecule has 0 heterocycles. The summed E-state index contributed by atoms with van der Waals surface area (Å²) >= 11 is 0. The first-order chi connectivity index (χ1) is 7.91. The average molecular weight is 240 g/mol. The lowest BCUT2D eigenvalue weighted by molar-refractivity contribution is 0.0547. The number of rotatable bonds is 3. The summed E-state index contributed by atoms with van der Waals surface area (Å²) in [5, 5.41) is 0. The highest BCUT2D eigenvalue weighted by Gasteiger charge is 2.14. The molecule has 1 aromatic carbocycles. The Balaban J connectivity index is 2.82. The van der Waals surface area contributed by atoms with Crippen molar-refractivity contribution in [2.45, 2.75) is 20.8 Å². The van der Waals surface area contributed by atoms with Crippen LogP contribution in [0.25, 0.3) is 0 Å². The van der Waals surface area contributed by atoms with Crippen LogP contribution in [0.1, 0.15) is 29.8 Å². The molecule has 0 aliphatic carbocycles. The van der Waals surface area contributed by atoms with Gasteiger partial charge in [0, 0.05) is 0 Å². The molecule has 92 valence electrons. The van der Waals surface area contributed by atoms with Crippen LogP contribution in [-0.2, 0) is 4.74 Å². The molecule has 1 aromatic rings. The van der Waals surface area contributed by atoms with E-state index in [0.29, 0.717) is 5.56 Å². The lowest BCUT2D eigenvalue weighted by atomic mass is 10.1. The third-order valence-corrected chi connectivity index (χ3v) is 2.19. The first kappa shape index (κ1) is 13.4. The van der Waals surface area contributed by atoms with Crippen LogP contribution in [0.4, 0.5) is 8.78 Å². The van der Waals surface area contributed by atoms with Crippen molar-refractivity contribution in [3.05, 3.63) is 46.5 Å². The fourth-order valence-electron chi connectivity index (χ4n) is 1.23. The highest BCUT2D eigenvalue weighted by Crippen LogP contribution is 2.15. The number of carbonyl (C=O) groups is 1. The van der Waals surface area contributed by atoms with E-state index >= 15 is 0 Å². The van der Waals surface area contributed by atoms with E-state index < -0.39 is 17.6 Å². The molecule has 0 amide bonds. The number of hydrogen-bond acceptors (Lipinski definition) is 2. The van der Waals surface area contributed by atoms with Gasteiger partial charge in [-0.05, 0) is 44.5 Å². The van der Waals surface area contributed by atoms with Gasteiger partial charge in [0.2, 0.25) is 0 Å². The molecule has 17 heavy (non-hydrogen) atoms. The van der Waals surface area contributed by atoms with Crippen molar-refractivity contribution in [1.82, 2.24) is 0 Å². The van der Waals surface area contributed by atoms with Crippen molar-refractivity contribution in [3.8, 4) is 0 Å². The maximum atomic E-state index is 13.0. The number of hydrogen-bond donors (Lipinski definition) is 0. The van der Waals surface area contributed by atoms with E-state index in [0.717, 1.165) is 17.7 Å². The minimum Gasteiger partial charge on any atom is -0.458 e. The predicted molar refractivity (Wildman–Crippen MR) is 60.8 cm³/mol. The summed E-state index contributed by atoms with van der Waals surface area (Å²) in [6.45, 7) is 5.40. The molecular formula is C13H14F2O2. The molecule has 0 fully saturated rings. The third kappa shape index (κ3) is 3.66. The number of esters is 1. The van der Waals surface area contributed by atoms with Gasteiger partial charge in [-0.3, -0.25) is 0 Å². The summed E-state index contributed by atoms with van der Waals surface area (Å²) in [5.41, 5.74) is 1.41. The van der Waals surface area contributed by atoms with Crippen LogP contribution in [0.5, 0.6) is 0 Å². The van der Waals surface area contributed by atoms with Crippen LogP contribution in [0.3, 0.4) is 0 Å². The number of benzene rings is 1. The fourth-order valence-corrected chi connectivity index (χ4v) is 1.23. The van der Waals surface area contributed by atoms with E-state index in [2.05, 4.69) is 0 Å². The summed E-state index contributed by atoms with van der Waals surface area (Å²) in [5.74, 6) is -2.67. The molecular weight excluding hydrogens is 226 g/mol. The number of carbonyl (C=O) groups excluding carboxylic acids is 1. The summed E-state index contributed by atoms with van der Waals surface area (Å²) in [7, 11) is 0. The second-order valence-corrected chi connectivity index (χ2v) is 3.96. The fraction of sp³-hybridized carbons (Fsp3) is 0.308. The Morgan fingerprint density at radius 2 is 1.88 bits per heavy atom. The molecule has 0 atom stereocenters. The van der Waals surface area contributed by atoms with E-state index in [1.165, 1.54) is 6.92 Å². The van der Waals surface area contributed by atoms with Gasteiger partial charge in [0.25, 0.3) is 0 Å². The van der Waals surface area contributed by atoms with Crippen LogP contribution in [0.15, 0.2) is 23.8 Å². The highest BCUT2D eigenvalue weighted by molar-refractivity contribution is 5.91. The van der Waals surface area contributed by atoms with Crippen molar-refractivity contribution >= 4 is 5.97 Å². The summed E-state index contributed by atoms with van der Waals surface area (Å²) in [6.07, 6.45) is 1.73. The molecule has 0 N–H and O–H groups in total. The van der Waals surface area contributed by atoms with Crippen molar-refractivity contribution in [2.75, 3.05) is 6.61 Å². The molecule has 0 bridgehead atoms. The minimum absolute atomic E-state index is 0.0473. The minimum atomic E-state index is -1.05. The van der Waals surface area contributed by atoms with Crippen LogP contribution in [-0.4, -0.2) is 12.6 Å². The summed E-state index contributed by atoms with van der Waals surface area (Å²) < 4.78 is 30.7. The quantitative estimate of drug-likeness (QED) is 0.598. The van der Waals surface area contributed by atoms with Gasteiger partial charge in [0.05, 0.1) is 5.56 Å². The Labute approximate surface area is 98.9 Å². The van der Waals surface area contributed by atoms with E-state index in [1.807, 2.05) is 13.8 Å². The van der Waals surface area contributed by atoms with Gasteiger partial charge in [0.1, 0.15) is 6.61 Å². The molecule has 0 saturated heterocycles. The molecule has 1 rings (SSSR count). The Kier molecular flexibility index (Phi) is 4.37. The Bertz CT molecular complexity index is 461. The standard InChI is InChI=1S/C13H14F2O2/c1-8(2)4-5-17-13(16)10-7-12(15)11(14)6-9(10)3/h4,6-7H,5H2,1-3H3. The van der Waals surface area contributed by atoms with Crippen molar-refractivity contribution in [3.63, 3.8) is 0 Å². The Morgan fingerprint density at radius 3 is 2.47 bits per heavy atom. The molecule has 0 saturated carbocycles. The average Bonchev–Trinajstić information content (AvgIpc) is 2.22. The second kappa shape index (κ2) is 5.57. The van der Waals surface area contributed by atoms with Gasteiger partial charge in [-0.1, -0.05) is 5.57 Å². The molecule has 0 radical (unpaired) electrons. The normalized spacial score (nSPS) is 9.94. The number of halogens is 2. The maximum Gasteiger partial charge on any atom is 0.338 e. The first-order valence-electron chi connectivity index (χ1n) is 5.18. The third-order valence-electron chi connectivity index (χ3n) is 2.19. The van der Waals surface area contributed by atoms with Crippen LogP contribution >= 0.6 is 0 Å². The van der Waals surface area contributed by atoms with Crippen molar-refractivity contribution in [1.29, 1.82) is 0 Å². The zero-order chi connectivity index (χ0) is 13.0. The van der Waals surface area contributed by atoms with Gasteiger partial charge >= 0.3 is 5.97 Å². The van der Waals surface area contributed by atoms with Crippen molar-refractivity contribution < 1.29 is 18.3 Å². The van der Waals surface area contributed by atoms with Gasteiger partial charge < -0.3 is 4.74 Å². The monoisotopic (exact) mass is 240 g/mol. The first-order valence-corrected chi connectivity index (χ1v) is 5.18. The highest BCUT2D eigenvalue weighted by atomic mass is 19.2. The van der Waals surface area contributed by atoms with Crippen LogP contribution < -0.4 is 0 Å². The predicted octanol–water partition coefficient (Wildman–Crippen LogP) is 3.40. The zero-order valence-corrected chi connectivity index (χ0v) is 10.0. The molecule has 0 aromatic heterocycles. The maximum absolute atomic E-state index is 13.0.